The highest BCUT2D eigenvalue weighted by molar-refractivity contribution is 5.12. The Morgan fingerprint density at radius 2 is 2.38 bits per heavy atom. The van der Waals surface area contributed by atoms with Crippen LogP contribution in [0.25, 0.3) is 0 Å². The molecular formula is C12H19N3O. The van der Waals surface area contributed by atoms with Crippen LogP contribution >= 0.6 is 0 Å². The van der Waals surface area contributed by atoms with Gasteiger partial charge in [-0.25, -0.2) is 9.97 Å². The number of nitrogens with two attached hydrogens (primary N) is 1. The Bertz CT molecular complexity index is 359. The number of hydrogen-bond donors (Lipinski definition) is 1. The van der Waals surface area contributed by atoms with E-state index in [2.05, 4.69) is 9.97 Å². The lowest BCUT2D eigenvalue weighted by molar-refractivity contribution is 0.104. The second-order valence-corrected chi connectivity index (χ2v) is 4.54. The van der Waals surface area contributed by atoms with Crippen molar-refractivity contribution in [2.45, 2.75) is 45.3 Å². The SMILES string of the molecule is Cc1cc(CC(C)N)nc(C2CCCO2)n1. The first-order valence-electron chi connectivity index (χ1n) is 5.87. The van der Waals surface area contributed by atoms with Gasteiger partial charge in [0.2, 0.25) is 0 Å². The first kappa shape index (κ1) is 11.5. The van der Waals surface area contributed by atoms with Crippen molar-refractivity contribution in [1.29, 1.82) is 0 Å². The minimum Gasteiger partial charge on any atom is -0.370 e. The van der Waals surface area contributed by atoms with Crippen LogP contribution in [0.2, 0.25) is 0 Å². The molecule has 2 N–H and O–H groups in total. The lowest BCUT2D eigenvalue weighted by atomic mass is 10.1. The molecule has 1 aromatic heterocycles. The Balaban J connectivity index is 2.20. The Hall–Kier alpha value is -1.00. The molecule has 1 fully saturated rings. The summed E-state index contributed by atoms with van der Waals surface area (Å²) in [6.45, 7) is 4.80. The lowest BCUT2D eigenvalue weighted by Gasteiger charge is -2.11. The van der Waals surface area contributed by atoms with Gasteiger partial charge in [0.1, 0.15) is 6.10 Å². The third-order valence-corrected chi connectivity index (χ3v) is 2.67. The van der Waals surface area contributed by atoms with Gasteiger partial charge in [-0.05, 0) is 32.8 Å². The van der Waals surface area contributed by atoms with Gasteiger partial charge in [0, 0.05) is 30.5 Å². The summed E-state index contributed by atoms with van der Waals surface area (Å²) in [4.78, 5) is 8.99. The molecule has 0 aromatic carbocycles. The molecule has 2 rings (SSSR count). The molecule has 1 saturated heterocycles. The monoisotopic (exact) mass is 221 g/mol. The molecule has 0 amide bonds. The zero-order valence-corrected chi connectivity index (χ0v) is 9.94. The normalized spacial score (nSPS) is 22.3. The van der Waals surface area contributed by atoms with Crippen LogP contribution in [0.1, 0.15) is 43.1 Å². The van der Waals surface area contributed by atoms with Gasteiger partial charge in [-0.3, -0.25) is 0 Å². The van der Waals surface area contributed by atoms with E-state index >= 15 is 0 Å². The zero-order chi connectivity index (χ0) is 11.5. The molecule has 16 heavy (non-hydrogen) atoms. The second-order valence-electron chi connectivity index (χ2n) is 4.54. The maximum Gasteiger partial charge on any atom is 0.157 e. The molecule has 88 valence electrons. The topological polar surface area (TPSA) is 61.0 Å². The highest BCUT2D eigenvalue weighted by Gasteiger charge is 2.21. The van der Waals surface area contributed by atoms with Gasteiger partial charge in [0.15, 0.2) is 5.82 Å². The highest BCUT2D eigenvalue weighted by Crippen LogP contribution is 2.26. The van der Waals surface area contributed by atoms with E-state index in [1.54, 1.807) is 0 Å². The Kier molecular flexibility index (Phi) is 3.51. The van der Waals surface area contributed by atoms with Gasteiger partial charge in [0.25, 0.3) is 0 Å². The molecule has 0 bridgehead atoms. The summed E-state index contributed by atoms with van der Waals surface area (Å²) in [5.74, 6) is 0.827. The third-order valence-electron chi connectivity index (χ3n) is 2.67. The number of aromatic nitrogens is 2. The summed E-state index contributed by atoms with van der Waals surface area (Å²) in [5.41, 5.74) is 7.80. The summed E-state index contributed by atoms with van der Waals surface area (Å²) in [5, 5.41) is 0. The molecule has 1 aromatic rings. The molecule has 4 nitrogen and oxygen atoms in total. The summed E-state index contributed by atoms with van der Waals surface area (Å²) in [6.07, 6.45) is 3.01. The number of aryl methyl sites for hydroxylation is 1. The average molecular weight is 221 g/mol. The van der Waals surface area contributed by atoms with Crippen LogP contribution in [0, 0.1) is 6.92 Å². The van der Waals surface area contributed by atoms with Crippen molar-refractivity contribution in [3.63, 3.8) is 0 Å². The highest BCUT2D eigenvalue weighted by atomic mass is 16.5. The smallest absolute Gasteiger partial charge is 0.157 e. The van der Waals surface area contributed by atoms with Crippen molar-refractivity contribution in [2.24, 2.45) is 5.73 Å². The molecule has 4 heteroatoms. The summed E-state index contributed by atoms with van der Waals surface area (Å²) in [7, 11) is 0. The molecule has 0 spiro atoms. The van der Waals surface area contributed by atoms with Crippen LogP contribution in [0.3, 0.4) is 0 Å². The minimum absolute atomic E-state index is 0.0896. The van der Waals surface area contributed by atoms with Crippen LogP contribution < -0.4 is 5.73 Å². The van der Waals surface area contributed by atoms with Crippen LogP contribution in [0.5, 0.6) is 0 Å². The van der Waals surface area contributed by atoms with Gasteiger partial charge >= 0.3 is 0 Å². The van der Waals surface area contributed by atoms with Crippen molar-refractivity contribution < 1.29 is 4.74 Å². The average Bonchev–Trinajstić information content (AvgIpc) is 2.67. The number of hydrogen-bond acceptors (Lipinski definition) is 4. The van der Waals surface area contributed by atoms with Gasteiger partial charge in [-0.1, -0.05) is 0 Å². The molecule has 1 aliphatic rings. The second kappa shape index (κ2) is 4.89. The van der Waals surface area contributed by atoms with Gasteiger partial charge < -0.3 is 10.5 Å². The van der Waals surface area contributed by atoms with Gasteiger partial charge in [-0.2, -0.15) is 0 Å². The molecule has 1 aliphatic heterocycles. The molecule has 2 heterocycles. The molecular weight excluding hydrogens is 202 g/mol. The Morgan fingerprint density at radius 3 is 3.00 bits per heavy atom. The summed E-state index contributed by atoms with van der Waals surface area (Å²) < 4.78 is 5.60. The van der Waals surface area contributed by atoms with Crippen molar-refractivity contribution >= 4 is 0 Å². The van der Waals surface area contributed by atoms with Crippen molar-refractivity contribution in [2.75, 3.05) is 6.61 Å². The maximum absolute atomic E-state index is 5.79. The van der Waals surface area contributed by atoms with Crippen molar-refractivity contribution in [1.82, 2.24) is 9.97 Å². The van der Waals surface area contributed by atoms with E-state index in [9.17, 15) is 0 Å². The fourth-order valence-electron chi connectivity index (χ4n) is 2.02. The van der Waals surface area contributed by atoms with Gasteiger partial charge in [-0.15, -0.1) is 0 Å². The van der Waals surface area contributed by atoms with E-state index in [0.717, 1.165) is 43.1 Å². The predicted octanol–water partition coefficient (Wildman–Crippen LogP) is 1.53. The quantitative estimate of drug-likeness (QED) is 0.840. The van der Waals surface area contributed by atoms with E-state index < -0.39 is 0 Å². The third kappa shape index (κ3) is 2.77. The minimum atomic E-state index is 0.0896. The van der Waals surface area contributed by atoms with E-state index in [4.69, 9.17) is 10.5 Å². The number of rotatable bonds is 3. The van der Waals surface area contributed by atoms with Crippen LogP contribution in [-0.2, 0) is 11.2 Å². The van der Waals surface area contributed by atoms with Gasteiger partial charge in [0.05, 0.1) is 0 Å². The summed E-state index contributed by atoms with van der Waals surface area (Å²) >= 11 is 0. The van der Waals surface area contributed by atoms with E-state index in [0.29, 0.717) is 0 Å². The molecule has 0 radical (unpaired) electrons. The zero-order valence-electron chi connectivity index (χ0n) is 9.94. The van der Waals surface area contributed by atoms with Crippen molar-refractivity contribution in [3.05, 3.63) is 23.3 Å². The van der Waals surface area contributed by atoms with E-state index in [1.165, 1.54) is 0 Å². The Morgan fingerprint density at radius 1 is 1.56 bits per heavy atom. The molecule has 2 atom stereocenters. The molecule has 0 aliphatic carbocycles. The predicted molar refractivity (Wildman–Crippen MR) is 62.0 cm³/mol. The van der Waals surface area contributed by atoms with Crippen LogP contribution in [0.4, 0.5) is 0 Å². The fourth-order valence-corrected chi connectivity index (χ4v) is 2.02. The Labute approximate surface area is 96.2 Å². The fraction of sp³-hybridized carbons (Fsp3) is 0.667. The van der Waals surface area contributed by atoms with Crippen LogP contribution in [0.15, 0.2) is 6.07 Å². The molecule has 2 unspecified atom stereocenters. The van der Waals surface area contributed by atoms with Crippen molar-refractivity contribution in [3.8, 4) is 0 Å². The largest absolute Gasteiger partial charge is 0.370 e. The number of ether oxygens (including phenoxy) is 1. The maximum atomic E-state index is 5.79. The standard InChI is InChI=1S/C12H19N3O/c1-8(13)6-10-7-9(2)14-12(15-10)11-4-3-5-16-11/h7-8,11H,3-6,13H2,1-2H3. The van der Waals surface area contributed by atoms with Crippen LogP contribution in [-0.4, -0.2) is 22.6 Å². The lowest BCUT2D eigenvalue weighted by Crippen LogP contribution is -2.19. The summed E-state index contributed by atoms with van der Waals surface area (Å²) in [6, 6.07) is 2.13. The molecule has 0 saturated carbocycles. The first-order chi connectivity index (χ1) is 7.65. The van der Waals surface area contributed by atoms with E-state index in [-0.39, 0.29) is 12.1 Å². The number of nitrogens with zero attached hydrogens (tertiary/aromatic N) is 2. The van der Waals surface area contributed by atoms with E-state index in [1.807, 2.05) is 19.9 Å². The first-order valence-corrected chi connectivity index (χ1v) is 5.87.